The minimum atomic E-state index is -1.36. The van der Waals surface area contributed by atoms with E-state index in [2.05, 4.69) is 4.90 Å². The first-order valence-electron chi connectivity index (χ1n) is 10.1. The molecule has 2 heterocycles. The van der Waals surface area contributed by atoms with Crippen LogP contribution in [-0.4, -0.2) is 61.4 Å². The van der Waals surface area contributed by atoms with E-state index in [0.29, 0.717) is 24.5 Å². The Morgan fingerprint density at radius 1 is 1.37 bits per heavy atom. The van der Waals surface area contributed by atoms with Gasteiger partial charge in [0.1, 0.15) is 11.3 Å². The second-order valence-corrected chi connectivity index (χ2v) is 8.51. The maximum Gasteiger partial charge on any atom is 0.341 e. The van der Waals surface area contributed by atoms with Gasteiger partial charge < -0.3 is 29.9 Å². The largest absolute Gasteiger partial charge is 0.492 e. The summed E-state index contributed by atoms with van der Waals surface area (Å²) in [6.45, 7) is 2.19. The zero-order valence-corrected chi connectivity index (χ0v) is 17.4. The Labute approximate surface area is 173 Å². The van der Waals surface area contributed by atoms with Gasteiger partial charge in [-0.3, -0.25) is 4.79 Å². The number of nitrogens with two attached hydrogens (primary N) is 1. The van der Waals surface area contributed by atoms with Gasteiger partial charge in [-0.25, -0.2) is 9.18 Å². The maximum atomic E-state index is 15.5. The number of rotatable bonds is 6. The van der Waals surface area contributed by atoms with E-state index >= 15 is 4.39 Å². The lowest BCUT2D eigenvalue weighted by Gasteiger charge is -2.26. The molecule has 0 amide bonds. The van der Waals surface area contributed by atoms with Crippen LogP contribution in [0.5, 0.6) is 5.75 Å². The predicted molar refractivity (Wildman–Crippen MR) is 113 cm³/mol. The number of fused-ring (bicyclic) bond motifs is 1. The molecular formula is C21H27FN4O4. The summed E-state index contributed by atoms with van der Waals surface area (Å²) in [4.78, 5) is 28.5. The lowest BCUT2D eigenvalue weighted by atomic mass is 10.1. The van der Waals surface area contributed by atoms with Crippen LogP contribution >= 0.6 is 0 Å². The molecule has 1 aliphatic carbocycles. The zero-order valence-electron chi connectivity index (χ0n) is 17.4. The fraction of sp³-hybridized carbons (Fsp3) is 0.524. The van der Waals surface area contributed by atoms with Crippen LogP contribution in [0.4, 0.5) is 15.8 Å². The van der Waals surface area contributed by atoms with Gasteiger partial charge in [0.2, 0.25) is 5.43 Å². The number of aromatic nitrogens is 1. The van der Waals surface area contributed by atoms with Gasteiger partial charge in [-0.2, -0.15) is 0 Å². The van der Waals surface area contributed by atoms with Crippen LogP contribution in [0.15, 0.2) is 11.0 Å². The Bertz CT molecular complexity index is 1080. The summed E-state index contributed by atoms with van der Waals surface area (Å²) in [5.41, 5.74) is 5.22. The van der Waals surface area contributed by atoms with Gasteiger partial charge >= 0.3 is 5.97 Å². The number of carboxylic acids is 1. The molecule has 2 aliphatic rings. The van der Waals surface area contributed by atoms with Crippen molar-refractivity contribution in [2.45, 2.75) is 25.3 Å². The topological polar surface area (TPSA) is 101 Å². The summed E-state index contributed by atoms with van der Waals surface area (Å²) < 4.78 is 22.9. The van der Waals surface area contributed by atoms with Gasteiger partial charge in [0.05, 0.1) is 23.7 Å². The monoisotopic (exact) mass is 418 g/mol. The molecule has 1 saturated heterocycles. The van der Waals surface area contributed by atoms with Crippen molar-refractivity contribution in [3.63, 3.8) is 0 Å². The number of anilines is 2. The lowest BCUT2D eigenvalue weighted by molar-refractivity contribution is 0.0695. The van der Waals surface area contributed by atoms with Crippen molar-refractivity contribution in [2.24, 2.45) is 5.92 Å². The molecule has 162 valence electrons. The molecule has 4 rings (SSSR count). The summed E-state index contributed by atoms with van der Waals surface area (Å²) >= 11 is 0. The Kier molecular flexibility index (Phi) is 5.09. The third-order valence-electron chi connectivity index (χ3n) is 5.98. The second kappa shape index (κ2) is 7.46. The van der Waals surface area contributed by atoms with Crippen molar-refractivity contribution < 1.29 is 19.0 Å². The van der Waals surface area contributed by atoms with Crippen molar-refractivity contribution in [1.82, 2.24) is 9.47 Å². The number of aromatic carboxylic acids is 1. The number of carbonyl (C=O) groups is 1. The van der Waals surface area contributed by atoms with Crippen LogP contribution < -0.4 is 20.8 Å². The molecule has 30 heavy (non-hydrogen) atoms. The van der Waals surface area contributed by atoms with E-state index in [1.165, 1.54) is 13.3 Å². The number of nitrogen functional groups attached to an aromatic ring is 1. The lowest BCUT2D eigenvalue weighted by Crippen LogP contribution is -2.27. The molecular weight excluding hydrogens is 391 g/mol. The molecule has 2 fully saturated rings. The van der Waals surface area contributed by atoms with Crippen LogP contribution in [0.1, 0.15) is 35.7 Å². The molecule has 1 aliphatic heterocycles. The molecule has 2 aromatic rings. The van der Waals surface area contributed by atoms with E-state index in [4.69, 9.17) is 10.5 Å². The molecule has 1 aromatic heterocycles. The highest BCUT2D eigenvalue weighted by Gasteiger charge is 2.35. The molecule has 0 spiro atoms. The molecule has 3 N–H and O–H groups in total. The van der Waals surface area contributed by atoms with Crippen LogP contribution in [0.3, 0.4) is 0 Å². The van der Waals surface area contributed by atoms with E-state index in [0.717, 1.165) is 25.8 Å². The SMILES string of the molecule is COc1c(N2CCC(CN(C)C)C2)c(F)c(N)c2c(=O)c(C(=O)O)cn(C3CC3)c12. The summed E-state index contributed by atoms with van der Waals surface area (Å²) in [6.07, 6.45) is 3.95. The molecule has 0 bridgehead atoms. The zero-order chi connectivity index (χ0) is 21.7. The Balaban J connectivity index is 1.97. The van der Waals surface area contributed by atoms with Gasteiger partial charge in [-0.05, 0) is 39.3 Å². The van der Waals surface area contributed by atoms with E-state index in [9.17, 15) is 14.7 Å². The Morgan fingerprint density at radius 2 is 2.07 bits per heavy atom. The van der Waals surface area contributed by atoms with Gasteiger partial charge in [-0.1, -0.05) is 0 Å². The molecule has 9 heteroatoms. The number of nitrogens with zero attached hydrogens (tertiary/aromatic N) is 3. The maximum absolute atomic E-state index is 15.5. The summed E-state index contributed by atoms with van der Waals surface area (Å²) in [7, 11) is 5.45. The van der Waals surface area contributed by atoms with Crippen LogP contribution in [0.25, 0.3) is 10.9 Å². The van der Waals surface area contributed by atoms with Crippen LogP contribution in [-0.2, 0) is 0 Å². The minimum absolute atomic E-state index is 0.0397. The van der Waals surface area contributed by atoms with Crippen molar-refractivity contribution >= 4 is 28.2 Å². The number of benzene rings is 1. The Morgan fingerprint density at radius 3 is 2.63 bits per heavy atom. The minimum Gasteiger partial charge on any atom is -0.492 e. The second-order valence-electron chi connectivity index (χ2n) is 8.51. The van der Waals surface area contributed by atoms with Crippen molar-refractivity contribution in [3.8, 4) is 5.75 Å². The van der Waals surface area contributed by atoms with Crippen LogP contribution in [0, 0.1) is 11.7 Å². The standard InChI is InChI=1S/C21H27FN4O4/c1-24(2)8-11-6-7-25(9-11)18-15(22)16(23)14-17(20(18)30-3)26(12-4-5-12)10-13(19(14)27)21(28)29/h10-12H,4-9,23H2,1-3H3,(H,28,29). The van der Waals surface area contributed by atoms with Crippen molar-refractivity contribution in [3.05, 3.63) is 27.8 Å². The normalized spacial score (nSPS) is 19.1. The number of hydrogen-bond donors (Lipinski definition) is 2. The van der Waals surface area contributed by atoms with E-state index in [1.807, 2.05) is 19.0 Å². The molecule has 1 unspecified atom stereocenters. The predicted octanol–water partition coefficient (Wildman–Crippen LogP) is 2.15. The number of ether oxygens (including phenoxy) is 1. The molecule has 1 saturated carbocycles. The van der Waals surface area contributed by atoms with Gasteiger partial charge in [0.15, 0.2) is 11.6 Å². The average molecular weight is 418 g/mol. The average Bonchev–Trinajstić information content (AvgIpc) is 3.43. The fourth-order valence-corrected chi connectivity index (χ4v) is 4.53. The van der Waals surface area contributed by atoms with Gasteiger partial charge in [0.25, 0.3) is 0 Å². The van der Waals surface area contributed by atoms with E-state index in [1.54, 1.807) is 4.57 Å². The molecule has 1 aromatic carbocycles. The molecule has 1 atom stereocenters. The van der Waals surface area contributed by atoms with E-state index < -0.39 is 22.8 Å². The van der Waals surface area contributed by atoms with Crippen molar-refractivity contribution in [2.75, 3.05) is 51.5 Å². The van der Waals surface area contributed by atoms with E-state index in [-0.39, 0.29) is 28.6 Å². The third-order valence-corrected chi connectivity index (χ3v) is 5.98. The first-order chi connectivity index (χ1) is 14.2. The summed E-state index contributed by atoms with van der Waals surface area (Å²) in [5.74, 6) is -1.47. The molecule has 8 nitrogen and oxygen atoms in total. The Hall–Kier alpha value is -2.81. The van der Waals surface area contributed by atoms with Crippen LogP contribution in [0.2, 0.25) is 0 Å². The summed E-state index contributed by atoms with van der Waals surface area (Å²) in [5, 5.41) is 9.35. The fourth-order valence-electron chi connectivity index (χ4n) is 4.53. The van der Waals surface area contributed by atoms with Gasteiger partial charge in [-0.15, -0.1) is 0 Å². The highest BCUT2D eigenvalue weighted by molar-refractivity contribution is 6.03. The first kappa shape index (κ1) is 20.5. The number of halogens is 1. The quantitative estimate of drug-likeness (QED) is 0.693. The highest BCUT2D eigenvalue weighted by Crippen LogP contribution is 2.46. The first-order valence-corrected chi connectivity index (χ1v) is 10.1. The van der Waals surface area contributed by atoms with Crippen molar-refractivity contribution in [1.29, 1.82) is 0 Å². The number of carboxylic acid groups (broad SMARTS) is 1. The highest BCUT2D eigenvalue weighted by atomic mass is 19.1. The number of hydrogen-bond acceptors (Lipinski definition) is 6. The number of pyridine rings is 1. The third kappa shape index (κ3) is 3.27. The van der Waals surface area contributed by atoms with Gasteiger partial charge in [0, 0.05) is 31.9 Å². The summed E-state index contributed by atoms with van der Waals surface area (Å²) in [6, 6.07) is 0.0397. The molecule has 0 radical (unpaired) electrons. The number of methoxy groups -OCH3 is 1. The smallest absolute Gasteiger partial charge is 0.341 e.